The average Bonchev–Trinajstić information content (AvgIpc) is 2.33. The minimum absolute atomic E-state index is 0.251. The molecule has 0 atom stereocenters. The van der Waals surface area contributed by atoms with Gasteiger partial charge in [-0.2, -0.15) is 5.26 Å². The van der Waals surface area contributed by atoms with Gasteiger partial charge in [0.05, 0.1) is 5.56 Å². The van der Waals surface area contributed by atoms with Crippen molar-refractivity contribution in [3.63, 3.8) is 0 Å². The number of aryl methyl sites for hydroxylation is 3. The maximum Gasteiger partial charge on any atom is 0.148 e. The zero-order valence-corrected chi connectivity index (χ0v) is 11.1. The molecule has 1 aromatic carbocycles. The molecular formula is C15H14FN3. The summed E-state index contributed by atoms with van der Waals surface area (Å²) in [6, 6.07) is 8.71. The largest absolute Gasteiger partial charge is 0.339 e. The van der Waals surface area contributed by atoms with E-state index in [2.05, 4.69) is 16.4 Å². The highest BCUT2D eigenvalue weighted by Crippen LogP contribution is 2.23. The Balaban J connectivity index is 2.43. The van der Waals surface area contributed by atoms with Crippen LogP contribution in [0.3, 0.4) is 0 Å². The Hall–Kier alpha value is -2.41. The summed E-state index contributed by atoms with van der Waals surface area (Å²) in [5.41, 5.74) is 3.47. The summed E-state index contributed by atoms with van der Waals surface area (Å²) in [5.74, 6) is 0.255. The third kappa shape index (κ3) is 2.71. The molecule has 0 amide bonds. The van der Waals surface area contributed by atoms with Crippen molar-refractivity contribution in [2.75, 3.05) is 5.32 Å². The van der Waals surface area contributed by atoms with Gasteiger partial charge in [-0.25, -0.2) is 9.37 Å². The Kier molecular flexibility index (Phi) is 3.48. The summed E-state index contributed by atoms with van der Waals surface area (Å²) >= 11 is 0. The molecule has 0 fully saturated rings. The van der Waals surface area contributed by atoms with E-state index in [1.165, 1.54) is 6.07 Å². The van der Waals surface area contributed by atoms with Gasteiger partial charge < -0.3 is 5.32 Å². The smallest absolute Gasteiger partial charge is 0.148 e. The number of aromatic nitrogens is 1. The van der Waals surface area contributed by atoms with Gasteiger partial charge in [0, 0.05) is 11.4 Å². The van der Waals surface area contributed by atoms with Crippen molar-refractivity contribution in [1.82, 2.24) is 4.98 Å². The van der Waals surface area contributed by atoms with Gasteiger partial charge >= 0.3 is 0 Å². The number of pyridine rings is 1. The molecule has 4 heteroatoms. The molecule has 0 bridgehead atoms. The molecular weight excluding hydrogens is 241 g/mol. The van der Waals surface area contributed by atoms with Crippen LogP contribution < -0.4 is 5.32 Å². The monoisotopic (exact) mass is 255 g/mol. The summed E-state index contributed by atoms with van der Waals surface area (Å²) in [7, 11) is 0. The Morgan fingerprint density at radius 1 is 1.16 bits per heavy atom. The highest BCUT2D eigenvalue weighted by Gasteiger charge is 2.09. The second-order valence-corrected chi connectivity index (χ2v) is 4.50. The molecule has 1 heterocycles. The van der Waals surface area contributed by atoms with Crippen LogP contribution in [0.25, 0.3) is 0 Å². The molecule has 1 aromatic heterocycles. The molecule has 2 aromatic rings. The van der Waals surface area contributed by atoms with Crippen LogP contribution in [-0.2, 0) is 0 Å². The fourth-order valence-corrected chi connectivity index (χ4v) is 1.93. The molecule has 0 radical (unpaired) electrons. The predicted molar refractivity (Wildman–Crippen MR) is 72.8 cm³/mol. The third-order valence-corrected chi connectivity index (χ3v) is 2.88. The molecule has 0 unspecified atom stereocenters. The lowest BCUT2D eigenvalue weighted by molar-refractivity contribution is 0.619. The highest BCUT2D eigenvalue weighted by atomic mass is 19.1. The van der Waals surface area contributed by atoms with Gasteiger partial charge in [0.1, 0.15) is 17.7 Å². The van der Waals surface area contributed by atoms with Crippen molar-refractivity contribution in [3.8, 4) is 6.07 Å². The lowest BCUT2D eigenvalue weighted by Gasteiger charge is -2.11. The first-order valence-corrected chi connectivity index (χ1v) is 5.93. The standard InChI is InChI=1S/C15H14FN3/c1-9-6-11(3)18-15(13(9)8-17)19-12-4-5-14(16)10(2)7-12/h4-7H,1-3H3,(H,18,19). The Bertz CT molecular complexity index is 672. The highest BCUT2D eigenvalue weighted by molar-refractivity contribution is 5.65. The quantitative estimate of drug-likeness (QED) is 0.888. The lowest BCUT2D eigenvalue weighted by Crippen LogP contribution is -2.01. The van der Waals surface area contributed by atoms with Crippen LogP contribution in [0.15, 0.2) is 24.3 Å². The average molecular weight is 255 g/mol. The summed E-state index contributed by atoms with van der Waals surface area (Å²) < 4.78 is 13.2. The molecule has 0 aliphatic carbocycles. The number of rotatable bonds is 2. The fourth-order valence-electron chi connectivity index (χ4n) is 1.93. The first kappa shape index (κ1) is 13.0. The molecule has 96 valence electrons. The number of hydrogen-bond acceptors (Lipinski definition) is 3. The maximum absolute atomic E-state index is 13.2. The number of benzene rings is 1. The van der Waals surface area contributed by atoms with E-state index in [-0.39, 0.29) is 5.82 Å². The lowest BCUT2D eigenvalue weighted by atomic mass is 10.1. The normalized spacial score (nSPS) is 10.1. The number of nitrogens with one attached hydrogen (secondary N) is 1. The molecule has 0 saturated heterocycles. The second-order valence-electron chi connectivity index (χ2n) is 4.50. The van der Waals surface area contributed by atoms with Crippen molar-refractivity contribution >= 4 is 11.5 Å². The van der Waals surface area contributed by atoms with Crippen LogP contribution in [0.5, 0.6) is 0 Å². The van der Waals surface area contributed by atoms with E-state index in [1.807, 2.05) is 19.9 Å². The van der Waals surface area contributed by atoms with E-state index in [9.17, 15) is 9.65 Å². The van der Waals surface area contributed by atoms with Crippen molar-refractivity contribution in [2.24, 2.45) is 0 Å². The van der Waals surface area contributed by atoms with Gasteiger partial charge in [-0.3, -0.25) is 0 Å². The van der Waals surface area contributed by atoms with E-state index < -0.39 is 0 Å². The van der Waals surface area contributed by atoms with E-state index in [1.54, 1.807) is 19.1 Å². The van der Waals surface area contributed by atoms with E-state index in [0.717, 1.165) is 11.3 Å². The van der Waals surface area contributed by atoms with Gasteiger partial charge in [-0.1, -0.05) is 0 Å². The molecule has 0 spiro atoms. The number of nitrogens with zero attached hydrogens (tertiary/aromatic N) is 2. The minimum atomic E-state index is -0.251. The zero-order chi connectivity index (χ0) is 14.0. The summed E-state index contributed by atoms with van der Waals surface area (Å²) in [6.45, 7) is 5.43. The van der Waals surface area contributed by atoms with Gasteiger partial charge in [-0.05, 0) is 56.2 Å². The molecule has 0 aliphatic rings. The summed E-state index contributed by atoms with van der Waals surface area (Å²) in [4.78, 5) is 4.32. The van der Waals surface area contributed by atoms with E-state index >= 15 is 0 Å². The third-order valence-electron chi connectivity index (χ3n) is 2.88. The molecule has 1 N–H and O–H groups in total. The molecule has 0 saturated carbocycles. The van der Waals surface area contributed by atoms with Crippen molar-refractivity contribution in [2.45, 2.75) is 20.8 Å². The van der Waals surface area contributed by atoms with Gasteiger partial charge in [0.15, 0.2) is 0 Å². The van der Waals surface area contributed by atoms with Gasteiger partial charge in [-0.15, -0.1) is 0 Å². The Morgan fingerprint density at radius 3 is 2.53 bits per heavy atom. The number of hydrogen-bond donors (Lipinski definition) is 1. The molecule has 0 aliphatic heterocycles. The topological polar surface area (TPSA) is 48.7 Å². The molecule has 19 heavy (non-hydrogen) atoms. The van der Waals surface area contributed by atoms with E-state index in [0.29, 0.717) is 22.6 Å². The zero-order valence-electron chi connectivity index (χ0n) is 11.1. The summed E-state index contributed by atoms with van der Waals surface area (Å²) in [6.07, 6.45) is 0. The summed E-state index contributed by atoms with van der Waals surface area (Å²) in [5, 5.41) is 12.2. The van der Waals surface area contributed by atoms with Crippen molar-refractivity contribution in [3.05, 3.63) is 52.5 Å². The van der Waals surface area contributed by atoms with Crippen LogP contribution >= 0.6 is 0 Å². The Morgan fingerprint density at radius 2 is 1.89 bits per heavy atom. The van der Waals surface area contributed by atoms with Crippen LogP contribution in [0.2, 0.25) is 0 Å². The maximum atomic E-state index is 13.2. The number of anilines is 2. The van der Waals surface area contributed by atoms with E-state index in [4.69, 9.17) is 0 Å². The Labute approximate surface area is 111 Å². The van der Waals surface area contributed by atoms with Crippen LogP contribution in [-0.4, -0.2) is 4.98 Å². The first-order chi connectivity index (χ1) is 9.01. The number of halogens is 1. The van der Waals surface area contributed by atoms with Crippen molar-refractivity contribution < 1.29 is 4.39 Å². The first-order valence-electron chi connectivity index (χ1n) is 5.93. The van der Waals surface area contributed by atoms with Crippen LogP contribution in [0.4, 0.5) is 15.9 Å². The SMILES string of the molecule is Cc1cc(C)c(C#N)c(Nc2ccc(F)c(C)c2)n1. The fraction of sp³-hybridized carbons (Fsp3) is 0.200. The van der Waals surface area contributed by atoms with Crippen LogP contribution in [0.1, 0.15) is 22.4 Å². The second kappa shape index (κ2) is 5.07. The molecule has 3 nitrogen and oxygen atoms in total. The predicted octanol–water partition coefficient (Wildman–Crippen LogP) is 3.76. The molecule has 2 rings (SSSR count). The van der Waals surface area contributed by atoms with Gasteiger partial charge in [0.2, 0.25) is 0 Å². The number of nitriles is 1. The van der Waals surface area contributed by atoms with Gasteiger partial charge in [0.25, 0.3) is 0 Å². The minimum Gasteiger partial charge on any atom is -0.339 e. The van der Waals surface area contributed by atoms with Crippen LogP contribution in [0, 0.1) is 37.9 Å². The van der Waals surface area contributed by atoms with Crippen molar-refractivity contribution in [1.29, 1.82) is 5.26 Å².